The predicted molar refractivity (Wildman–Crippen MR) is 323 cm³/mol. The second kappa shape index (κ2) is 25.6. The number of thiazole rings is 2. The third-order valence-corrected chi connectivity index (χ3v) is 15.8. The number of halogens is 2. The molecule has 0 bridgehead atoms. The van der Waals surface area contributed by atoms with Crippen LogP contribution >= 0.6 is 22.7 Å². The lowest BCUT2D eigenvalue weighted by Gasteiger charge is -2.33. The van der Waals surface area contributed by atoms with Gasteiger partial charge in [0.25, 0.3) is 0 Å². The van der Waals surface area contributed by atoms with E-state index in [0.717, 1.165) is 74.3 Å². The van der Waals surface area contributed by atoms with Gasteiger partial charge in [-0.15, -0.1) is 22.7 Å². The number of ether oxygens (including phenoxy) is 4. The number of carbonyl (C=O) groups excluding carboxylic acids is 4. The maximum atomic E-state index is 13.5. The highest BCUT2D eigenvalue weighted by atomic mass is 32.1. The Morgan fingerprint density at radius 1 is 0.655 bits per heavy atom. The second-order valence-electron chi connectivity index (χ2n) is 22.3. The number of benzene rings is 2. The minimum Gasteiger partial charge on any atom is -0.469 e. The number of aromatic nitrogens is 6. The summed E-state index contributed by atoms with van der Waals surface area (Å²) in [5.41, 5.74) is 8.09. The zero-order chi connectivity index (χ0) is 60.0. The molecule has 2 aromatic carbocycles. The van der Waals surface area contributed by atoms with E-state index in [2.05, 4.69) is 16.7 Å². The number of hydrogen-bond acceptors (Lipinski definition) is 16. The second-order valence-corrected chi connectivity index (χ2v) is 24.0. The van der Waals surface area contributed by atoms with Gasteiger partial charge in [0, 0.05) is 87.1 Å². The summed E-state index contributed by atoms with van der Waals surface area (Å²) in [6.07, 6.45) is 11.5. The fraction of sp³-hybridized carbons (Fsp3) is 0.355. The maximum absolute atomic E-state index is 13.5. The Bertz CT molecular complexity index is 3740. The number of rotatable bonds is 13. The molecule has 2 aliphatic heterocycles. The highest BCUT2D eigenvalue weighted by Crippen LogP contribution is 2.38. The van der Waals surface area contributed by atoms with E-state index in [0.29, 0.717) is 61.3 Å². The molecular formula is C62H68F2N10O8S2. The van der Waals surface area contributed by atoms with Gasteiger partial charge >= 0.3 is 24.1 Å². The van der Waals surface area contributed by atoms with Crippen LogP contribution in [0.25, 0.3) is 45.5 Å². The number of amides is 2. The van der Waals surface area contributed by atoms with Gasteiger partial charge in [-0.1, -0.05) is 12.1 Å². The van der Waals surface area contributed by atoms with Crippen LogP contribution in [0.3, 0.4) is 0 Å². The minimum absolute atomic E-state index is 0.204. The van der Waals surface area contributed by atoms with Crippen molar-refractivity contribution in [2.45, 2.75) is 90.8 Å². The van der Waals surface area contributed by atoms with Crippen molar-refractivity contribution in [1.29, 1.82) is 0 Å². The van der Waals surface area contributed by atoms with Gasteiger partial charge in [0.2, 0.25) is 0 Å². The normalized spacial score (nSPS) is 14.1. The van der Waals surface area contributed by atoms with E-state index in [4.69, 9.17) is 38.9 Å². The van der Waals surface area contributed by atoms with Crippen LogP contribution in [-0.4, -0.2) is 128 Å². The number of carbonyl (C=O) groups is 4. The Labute approximate surface area is 494 Å². The number of imidazole rings is 2. The van der Waals surface area contributed by atoms with E-state index in [1.165, 1.54) is 67.2 Å². The van der Waals surface area contributed by atoms with Crippen molar-refractivity contribution >= 4 is 91.6 Å². The van der Waals surface area contributed by atoms with Crippen LogP contribution in [0, 0.1) is 11.6 Å². The van der Waals surface area contributed by atoms with Crippen molar-refractivity contribution in [3.8, 4) is 22.5 Å². The molecule has 22 heteroatoms. The Balaban J connectivity index is 0.000000202. The smallest absolute Gasteiger partial charge is 0.410 e. The number of fused-ring (bicyclic) bond motifs is 2. The van der Waals surface area contributed by atoms with Crippen molar-refractivity contribution in [3.05, 3.63) is 142 Å². The third-order valence-electron chi connectivity index (χ3n) is 14.0. The number of likely N-dealkylation sites (tertiary alicyclic amines) is 1. The van der Waals surface area contributed by atoms with Crippen molar-refractivity contribution in [2.24, 2.45) is 0 Å². The van der Waals surface area contributed by atoms with Crippen LogP contribution in [0.15, 0.2) is 108 Å². The molecule has 8 heterocycles. The summed E-state index contributed by atoms with van der Waals surface area (Å²) in [4.78, 5) is 75.6. The summed E-state index contributed by atoms with van der Waals surface area (Å²) in [6, 6.07) is 20.5. The Morgan fingerprint density at radius 3 is 1.74 bits per heavy atom. The van der Waals surface area contributed by atoms with Crippen molar-refractivity contribution in [2.75, 3.05) is 64.3 Å². The summed E-state index contributed by atoms with van der Waals surface area (Å²) in [5, 5.41) is 5.30. The van der Waals surface area contributed by atoms with Gasteiger partial charge in [0.15, 0.2) is 10.3 Å². The molecule has 6 aromatic heterocycles. The van der Waals surface area contributed by atoms with Gasteiger partial charge in [-0.2, -0.15) is 0 Å². The first-order chi connectivity index (χ1) is 40.0. The van der Waals surface area contributed by atoms with Crippen LogP contribution in [0.4, 0.5) is 40.3 Å². The van der Waals surface area contributed by atoms with Crippen LogP contribution in [0.1, 0.15) is 95.7 Å². The average Bonchev–Trinajstić information content (AvgIpc) is 3.54. The first kappa shape index (κ1) is 60.1. The monoisotopic (exact) mass is 1180 g/mol. The molecular weight excluding hydrogens is 1110 g/mol. The standard InChI is InChI=1S/C31H36FN5O4S.C31H32FN5O4S/c2*1-31(2,3)41-30(39)36-16-14-20(15-17-36)22-8-12-26-33-24(11-13-27(38)40-5)28(37(26)18-22)35(4)29-34-25(19-42-29)21-6-9-23(32)10-7-21/h6-10,12,18-20H,11,13-17H2,1-5H3;6-14,18-19H,15-17H2,1-5H3/b;13-11+. The van der Waals surface area contributed by atoms with Gasteiger partial charge in [-0.05, 0) is 156 Å². The lowest BCUT2D eigenvalue weighted by molar-refractivity contribution is -0.140. The van der Waals surface area contributed by atoms with Crippen molar-refractivity contribution < 1.29 is 46.9 Å². The van der Waals surface area contributed by atoms with E-state index in [1.807, 2.05) is 111 Å². The van der Waals surface area contributed by atoms with Gasteiger partial charge in [-0.3, -0.25) is 13.6 Å². The first-order valence-electron chi connectivity index (χ1n) is 27.5. The number of nitrogens with zero attached hydrogens (tertiary/aromatic N) is 10. The van der Waals surface area contributed by atoms with E-state index in [-0.39, 0.29) is 42.1 Å². The molecule has 0 radical (unpaired) electrons. The van der Waals surface area contributed by atoms with Gasteiger partial charge < -0.3 is 38.5 Å². The maximum Gasteiger partial charge on any atom is 0.410 e. The summed E-state index contributed by atoms with van der Waals surface area (Å²) < 4.78 is 51.7. The molecule has 0 atom stereocenters. The number of pyridine rings is 2. The van der Waals surface area contributed by atoms with Gasteiger partial charge in [0.05, 0.1) is 37.7 Å². The quantitative estimate of drug-likeness (QED) is 0.0605. The molecule has 2 aliphatic rings. The summed E-state index contributed by atoms with van der Waals surface area (Å²) in [7, 11) is 6.53. The summed E-state index contributed by atoms with van der Waals surface area (Å²) in [6.45, 7) is 13.5. The minimum atomic E-state index is -0.548. The summed E-state index contributed by atoms with van der Waals surface area (Å²) >= 11 is 2.92. The lowest BCUT2D eigenvalue weighted by atomic mass is 9.90. The molecule has 0 unspecified atom stereocenters. The van der Waals surface area contributed by atoms with Crippen molar-refractivity contribution in [3.63, 3.8) is 0 Å². The van der Waals surface area contributed by atoms with E-state index < -0.39 is 17.2 Å². The Hall–Kier alpha value is -8.50. The zero-order valence-corrected chi connectivity index (χ0v) is 50.4. The predicted octanol–water partition coefficient (Wildman–Crippen LogP) is 13.2. The molecule has 1 saturated heterocycles. The Kier molecular flexibility index (Phi) is 18.3. The molecule has 0 spiro atoms. The van der Waals surface area contributed by atoms with E-state index in [1.54, 1.807) is 40.1 Å². The number of aryl methyl sites for hydroxylation is 1. The highest BCUT2D eigenvalue weighted by Gasteiger charge is 2.30. The Morgan fingerprint density at radius 2 is 1.19 bits per heavy atom. The number of piperidine rings is 1. The van der Waals surface area contributed by atoms with Crippen LogP contribution in [0.2, 0.25) is 0 Å². The van der Waals surface area contributed by atoms with Crippen molar-refractivity contribution in [1.82, 2.24) is 38.5 Å². The molecule has 2 amide bonds. The third kappa shape index (κ3) is 14.5. The molecule has 1 fully saturated rings. The van der Waals surface area contributed by atoms with Crippen LogP contribution in [0.5, 0.6) is 0 Å². The fourth-order valence-corrected chi connectivity index (χ4v) is 11.4. The average molecular weight is 1180 g/mol. The number of hydrogen-bond donors (Lipinski definition) is 0. The zero-order valence-electron chi connectivity index (χ0n) is 48.7. The van der Waals surface area contributed by atoms with Gasteiger partial charge in [-0.25, -0.2) is 43.1 Å². The molecule has 10 rings (SSSR count). The number of anilines is 4. The summed E-state index contributed by atoms with van der Waals surface area (Å²) in [5.74, 6) is 0.416. The molecule has 440 valence electrons. The van der Waals surface area contributed by atoms with E-state index in [9.17, 15) is 28.0 Å². The number of methoxy groups -OCH3 is 2. The highest BCUT2D eigenvalue weighted by molar-refractivity contribution is 7.14. The topological polar surface area (TPSA) is 179 Å². The molecule has 0 N–H and O–H groups in total. The number of esters is 2. The first-order valence-corrected chi connectivity index (χ1v) is 29.2. The van der Waals surface area contributed by atoms with Gasteiger partial charge in [0.1, 0.15) is 51.5 Å². The molecule has 18 nitrogen and oxygen atoms in total. The molecule has 84 heavy (non-hydrogen) atoms. The fourth-order valence-electron chi connectivity index (χ4n) is 9.75. The lowest BCUT2D eigenvalue weighted by Crippen LogP contribution is -2.41. The van der Waals surface area contributed by atoms with Crippen LogP contribution in [-0.2, 0) is 35.0 Å². The molecule has 0 saturated carbocycles. The van der Waals surface area contributed by atoms with E-state index >= 15 is 0 Å². The molecule has 8 aromatic rings. The molecule has 0 aliphatic carbocycles. The largest absolute Gasteiger partial charge is 0.469 e. The van der Waals surface area contributed by atoms with Crippen LogP contribution < -0.4 is 9.80 Å². The SMILES string of the molecule is COC(=O)/C=C/c1nc2ccc(C3=CCN(C(=O)OC(C)(C)C)CC3)cn2c1N(C)c1nc(-c2ccc(F)cc2)cs1.COC(=O)CCc1nc2ccc(C3CCN(C(=O)OC(C)(C)C)CC3)cn2c1N(C)c1nc(-c2ccc(F)cc2)cs1.